The molecule has 0 radical (unpaired) electrons. The van der Waals surface area contributed by atoms with E-state index in [0.717, 1.165) is 5.76 Å². The van der Waals surface area contributed by atoms with Crippen LogP contribution in [-0.4, -0.2) is 18.1 Å². The topological polar surface area (TPSA) is 76.4 Å². The van der Waals surface area contributed by atoms with E-state index in [2.05, 4.69) is 15.6 Å². The maximum atomic E-state index is 11.9. The summed E-state index contributed by atoms with van der Waals surface area (Å²) in [4.78, 5) is 15.9. The first-order chi connectivity index (χ1) is 9.60. The Morgan fingerprint density at radius 3 is 2.85 bits per heavy atom. The molecule has 2 aromatic rings. The Labute approximate surface area is 117 Å². The van der Waals surface area contributed by atoms with E-state index >= 15 is 0 Å². The van der Waals surface area contributed by atoms with E-state index in [1.54, 1.807) is 18.3 Å². The minimum absolute atomic E-state index is 0.230. The second kappa shape index (κ2) is 6.10. The van der Waals surface area contributed by atoms with Gasteiger partial charge in [-0.1, -0.05) is 0 Å². The molecule has 0 aliphatic rings. The summed E-state index contributed by atoms with van der Waals surface area (Å²) in [5, 5.41) is 5.47. The number of aryl methyl sites for hydroxylation is 1. The maximum Gasteiger partial charge on any atom is 0.319 e. The predicted molar refractivity (Wildman–Crippen MR) is 74.8 cm³/mol. The van der Waals surface area contributed by atoms with Crippen molar-refractivity contribution in [1.29, 1.82) is 0 Å². The van der Waals surface area contributed by atoms with Crippen LogP contribution in [0.5, 0.6) is 5.88 Å². The third-order valence-electron chi connectivity index (χ3n) is 2.75. The quantitative estimate of drug-likeness (QED) is 0.899. The molecule has 0 unspecified atom stereocenters. The van der Waals surface area contributed by atoms with Crippen molar-refractivity contribution in [3.8, 4) is 5.88 Å². The first kappa shape index (κ1) is 13.9. The number of amides is 2. The molecule has 0 saturated carbocycles. The molecule has 6 heteroatoms. The van der Waals surface area contributed by atoms with Crippen LogP contribution in [0.1, 0.15) is 24.5 Å². The molecule has 6 nitrogen and oxygen atoms in total. The standard InChI is InChI=1S/C14H17N3O3/c1-9-6-7-12(20-9)10(2)16-14(18)17-11-5-4-8-15-13(11)19-3/h4-8,10H,1-3H3,(H2,16,17,18)/t10-/m1/s1. The number of rotatable bonds is 4. The SMILES string of the molecule is COc1ncccc1NC(=O)N[C@H](C)c1ccc(C)o1. The largest absolute Gasteiger partial charge is 0.480 e. The molecule has 0 spiro atoms. The zero-order valence-corrected chi connectivity index (χ0v) is 11.6. The summed E-state index contributed by atoms with van der Waals surface area (Å²) in [5.74, 6) is 1.88. The van der Waals surface area contributed by atoms with Gasteiger partial charge in [-0.25, -0.2) is 9.78 Å². The summed E-state index contributed by atoms with van der Waals surface area (Å²) in [5.41, 5.74) is 0.510. The van der Waals surface area contributed by atoms with Gasteiger partial charge in [-0.2, -0.15) is 0 Å². The summed E-state index contributed by atoms with van der Waals surface area (Å²) < 4.78 is 10.5. The lowest BCUT2D eigenvalue weighted by molar-refractivity contribution is 0.247. The third-order valence-corrected chi connectivity index (χ3v) is 2.75. The molecule has 0 bridgehead atoms. The van der Waals surface area contributed by atoms with E-state index in [0.29, 0.717) is 17.3 Å². The Morgan fingerprint density at radius 1 is 1.40 bits per heavy atom. The van der Waals surface area contributed by atoms with Crippen LogP contribution in [0.4, 0.5) is 10.5 Å². The Balaban J connectivity index is 1.98. The number of furan rings is 1. The minimum Gasteiger partial charge on any atom is -0.480 e. The van der Waals surface area contributed by atoms with E-state index < -0.39 is 0 Å². The highest BCUT2D eigenvalue weighted by molar-refractivity contribution is 5.90. The average Bonchev–Trinajstić information content (AvgIpc) is 2.86. The molecule has 20 heavy (non-hydrogen) atoms. The van der Waals surface area contributed by atoms with Crippen LogP contribution in [0.15, 0.2) is 34.9 Å². The fourth-order valence-electron chi connectivity index (χ4n) is 1.76. The molecule has 0 aliphatic heterocycles. The second-order valence-corrected chi connectivity index (χ2v) is 4.33. The van der Waals surface area contributed by atoms with Crippen molar-refractivity contribution in [2.45, 2.75) is 19.9 Å². The zero-order chi connectivity index (χ0) is 14.5. The number of aromatic nitrogens is 1. The summed E-state index contributed by atoms with van der Waals surface area (Å²) in [6.07, 6.45) is 1.59. The third kappa shape index (κ3) is 3.28. The van der Waals surface area contributed by atoms with Gasteiger partial charge in [-0.05, 0) is 38.1 Å². The number of nitrogens with one attached hydrogen (secondary N) is 2. The zero-order valence-electron chi connectivity index (χ0n) is 11.6. The Bertz CT molecular complexity index is 595. The summed E-state index contributed by atoms with van der Waals surface area (Å²) in [7, 11) is 1.50. The van der Waals surface area contributed by atoms with Crippen molar-refractivity contribution in [1.82, 2.24) is 10.3 Å². The molecule has 2 heterocycles. The van der Waals surface area contributed by atoms with Gasteiger partial charge in [-0.15, -0.1) is 0 Å². The fraction of sp³-hybridized carbons (Fsp3) is 0.286. The van der Waals surface area contributed by atoms with Gasteiger partial charge >= 0.3 is 6.03 Å². The first-order valence-corrected chi connectivity index (χ1v) is 6.23. The summed E-state index contributed by atoms with van der Waals surface area (Å²) >= 11 is 0. The first-order valence-electron chi connectivity index (χ1n) is 6.23. The number of hydrogen-bond acceptors (Lipinski definition) is 4. The maximum absolute atomic E-state index is 11.9. The smallest absolute Gasteiger partial charge is 0.319 e. The predicted octanol–water partition coefficient (Wildman–Crippen LogP) is 2.87. The van der Waals surface area contributed by atoms with Crippen molar-refractivity contribution < 1.29 is 13.9 Å². The van der Waals surface area contributed by atoms with Crippen molar-refractivity contribution in [3.05, 3.63) is 42.0 Å². The van der Waals surface area contributed by atoms with Crippen LogP contribution >= 0.6 is 0 Å². The number of pyridine rings is 1. The van der Waals surface area contributed by atoms with Crippen LogP contribution in [0.25, 0.3) is 0 Å². The molecule has 2 aromatic heterocycles. The average molecular weight is 275 g/mol. The van der Waals surface area contributed by atoms with Crippen molar-refractivity contribution >= 4 is 11.7 Å². The monoisotopic (exact) mass is 275 g/mol. The van der Waals surface area contributed by atoms with Crippen molar-refractivity contribution in [3.63, 3.8) is 0 Å². The second-order valence-electron chi connectivity index (χ2n) is 4.33. The number of ether oxygens (including phenoxy) is 1. The molecule has 106 valence electrons. The lowest BCUT2D eigenvalue weighted by atomic mass is 10.2. The van der Waals surface area contributed by atoms with Gasteiger partial charge in [0.05, 0.1) is 13.2 Å². The normalized spacial score (nSPS) is 11.8. The Hall–Kier alpha value is -2.50. The van der Waals surface area contributed by atoms with Crippen LogP contribution in [0, 0.1) is 6.92 Å². The lowest BCUT2D eigenvalue weighted by Gasteiger charge is -2.13. The molecule has 2 rings (SSSR count). The molecule has 2 N–H and O–H groups in total. The van der Waals surface area contributed by atoms with Crippen LogP contribution < -0.4 is 15.4 Å². The highest BCUT2D eigenvalue weighted by atomic mass is 16.5. The number of carbonyl (C=O) groups is 1. The number of carbonyl (C=O) groups excluding carboxylic acids is 1. The van der Waals surface area contributed by atoms with Gasteiger partial charge in [0.1, 0.15) is 17.2 Å². The minimum atomic E-state index is -0.349. The number of hydrogen-bond donors (Lipinski definition) is 2. The highest BCUT2D eigenvalue weighted by Crippen LogP contribution is 2.20. The van der Waals surface area contributed by atoms with E-state index in [9.17, 15) is 4.79 Å². The highest BCUT2D eigenvalue weighted by Gasteiger charge is 2.14. The van der Waals surface area contributed by atoms with Gasteiger partial charge in [0.25, 0.3) is 0 Å². The fourth-order valence-corrected chi connectivity index (χ4v) is 1.76. The van der Waals surface area contributed by atoms with Crippen LogP contribution in [0.3, 0.4) is 0 Å². The van der Waals surface area contributed by atoms with Crippen LogP contribution in [-0.2, 0) is 0 Å². The molecule has 0 fully saturated rings. The van der Waals surface area contributed by atoms with Gasteiger partial charge < -0.3 is 19.8 Å². The summed E-state index contributed by atoms with van der Waals surface area (Å²) in [6.45, 7) is 3.70. The van der Waals surface area contributed by atoms with Crippen molar-refractivity contribution in [2.75, 3.05) is 12.4 Å². The van der Waals surface area contributed by atoms with E-state index in [1.165, 1.54) is 7.11 Å². The number of methoxy groups -OCH3 is 1. The van der Waals surface area contributed by atoms with Crippen LogP contribution in [0.2, 0.25) is 0 Å². The molecule has 0 aromatic carbocycles. The molecule has 0 aliphatic carbocycles. The Morgan fingerprint density at radius 2 is 2.20 bits per heavy atom. The molecule has 1 atom stereocenters. The van der Waals surface area contributed by atoms with Gasteiger partial charge in [-0.3, -0.25) is 0 Å². The van der Waals surface area contributed by atoms with Gasteiger partial charge in [0, 0.05) is 6.20 Å². The van der Waals surface area contributed by atoms with Gasteiger partial charge in [0.15, 0.2) is 0 Å². The van der Waals surface area contributed by atoms with Gasteiger partial charge in [0.2, 0.25) is 5.88 Å². The van der Waals surface area contributed by atoms with Crippen molar-refractivity contribution in [2.24, 2.45) is 0 Å². The summed E-state index contributed by atoms with van der Waals surface area (Å²) in [6, 6.07) is 6.55. The van der Waals surface area contributed by atoms with E-state index in [4.69, 9.17) is 9.15 Å². The molecule has 2 amide bonds. The Kier molecular flexibility index (Phi) is 4.24. The van der Waals surface area contributed by atoms with E-state index in [1.807, 2.05) is 26.0 Å². The molecule has 0 saturated heterocycles. The van der Waals surface area contributed by atoms with E-state index in [-0.39, 0.29) is 12.1 Å². The number of nitrogens with zero attached hydrogens (tertiary/aromatic N) is 1. The number of urea groups is 1. The molecular weight excluding hydrogens is 258 g/mol. The lowest BCUT2D eigenvalue weighted by Crippen LogP contribution is -2.31. The number of anilines is 1. The molecular formula is C14H17N3O3.